The first kappa shape index (κ1) is 53.9. The second kappa shape index (κ2) is 28.5. The number of carbonyl (C=O) groups is 4. The Morgan fingerprint density at radius 3 is 2.16 bits per heavy atom. The molecule has 1 heterocycles. The van der Waals surface area contributed by atoms with E-state index in [1.807, 2.05) is 26.0 Å². The molecule has 0 bridgehead atoms. The molecule has 2 rings (SSSR count). The lowest BCUT2D eigenvalue weighted by Gasteiger charge is -2.40. The molecule has 15 heteroatoms. The van der Waals surface area contributed by atoms with Crippen LogP contribution in [0.5, 0.6) is 0 Å². The fourth-order valence-corrected chi connectivity index (χ4v) is 6.73. The van der Waals surface area contributed by atoms with Gasteiger partial charge in [0.2, 0.25) is 5.91 Å². The Morgan fingerprint density at radius 1 is 0.873 bits per heavy atom. The first-order valence-electron chi connectivity index (χ1n) is 21.6. The van der Waals surface area contributed by atoms with Gasteiger partial charge in [0.05, 0.1) is 6.10 Å². The summed E-state index contributed by atoms with van der Waals surface area (Å²) in [6, 6.07) is 0. The van der Waals surface area contributed by atoms with E-state index in [9.17, 15) is 44.7 Å². The normalized spacial score (nSPS) is 23.5. The number of amides is 2. The number of nitrogens with one attached hydrogen (secondary N) is 3. The van der Waals surface area contributed by atoms with Crippen molar-refractivity contribution < 1.29 is 54.2 Å². The van der Waals surface area contributed by atoms with Gasteiger partial charge in [-0.05, 0) is 69.8 Å². The van der Waals surface area contributed by atoms with Crippen LogP contribution in [0.2, 0.25) is 0 Å². The average molecular weight is 879 g/mol. The van der Waals surface area contributed by atoms with Crippen molar-refractivity contribution in [2.45, 2.75) is 130 Å². The van der Waals surface area contributed by atoms with Gasteiger partial charge < -0.3 is 45.2 Å². The van der Waals surface area contributed by atoms with Crippen molar-refractivity contribution in [2.75, 3.05) is 13.6 Å². The number of rotatable bonds is 24. The van der Waals surface area contributed by atoms with Crippen LogP contribution in [0.1, 0.15) is 92.9 Å². The van der Waals surface area contributed by atoms with E-state index in [4.69, 9.17) is 14.9 Å². The molecule has 0 radical (unpaired) electrons. The molecule has 15 nitrogen and oxygen atoms in total. The summed E-state index contributed by atoms with van der Waals surface area (Å²) >= 11 is 0. The van der Waals surface area contributed by atoms with E-state index >= 15 is 0 Å². The molecule has 1 aliphatic heterocycles. The number of ether oxygens (including phenoxy) is 2. The van der Waals surface area contributed by atoms with Crippen molar-refractivity contribution in [1.82, 2.24) is 15.5 Å². The van der Waals surface area contributed by atoms with Gasteiger partial charge in [0.25, 0.3) is 5.91 Å². The predicted octanol–water partition coefficient (Wildman–Crippen LogP) is 5.99. The summed E-state index contributed by atoms with van der Waals surface area (Å²) in [5.74, 6) is -2.28. The average Bonchev–Trinajstić information content (AvgIpc) is 3.54. The van der Waals surface area contributed by atoms with Crippen LogP contribution in [-0.2, 0) is 28.7 Å². The molecule has 0 spiro atoms. The van der Waals surface area contributed by atoms with Crippen LogP contribution in [0, 0.1) is 23.2 Å². The van der Waals surface area contributed by atoms with E-state index in [-0.39, 0.29) is 53.8 Å². The number of hydrogen-bond acceptors (Lipinski definition) is 11. The van der Waals surface area contributed by atoms with Crippen LogP contribution in [0.3, 0.4) is 0 Å². The summed E-state index contributed by atoms with van der Waals surface area (Å²) in [5, 5.41) is 63.5. The van der Waals surface area contributed by atoms with Gasteiger partial charge in [-0.2, -0.15) is 0 Å². The van der Waals surface area contributed by atoms with Crippen LogP contribution >= 0.6 is 0 Å². The van der Waals surface area contributed by atoms with E-state index in [1.54, 1.807) is 61.4 Å². The molecule has 8 N–H and O–H groups in total. The largest absolute Gasteiger partial charge is 0.510 e. The summed E-state index contributed by atoms with van der Waals surface area (Å²) in [6.07, 6.45) is 23.2. The molecule has 63 heavy (non-hydrogen) atoms. The van der Waals surface area contributed by atoms with E-state index in [2.05, 4.69) is 54.9 Å². The highest BCUT2D eigenvalue weighted by molar-refractivity contribution is 6.04. The second-order valence-electron chi connectivity index (χ2n) is 16.3. The number of hydrogen-bond donors (Lipinski definition) is 8. The zero-order valence-corrected chi connectivity index (χ0v) is 37.8. The molecule has 0 aromatic carbocycles. The van der Waals surface area contributed by atoms with Crippen LogP contribution in [-0.4, -0.2) is 110 Å². The van der Waals surface area contributed by atoms with Gasteiger partial charge >= 0.3 is 5.97 Å². The third kappa shape index (κ3) is 19.8. The number of aliphatic carboxylic acids is 1. The van der Waals surface area contributed by atoms with Gasteiger partial charge in [0.15, 0.2) is 24.1 Å². The van der Waals surface area contributed by atoms with Gasteiger partial charge in [-0.15, -0.1) is 0 Å². The Morgan fingerprint density at radius 2 is 1.52 bits per heavy atom. The van der Waals surface area contributed by atoms with E-state index < -0.39 is 48.7 Å². The fraction of sp³-hybridized carbons (Fsp3) is 0.521. The number of unbranched alkanes of at least 4 members (excludes halogenated alkanes) is 2. The van der Waals surface area contributed by atoms with Crippen molar-refractivity contribution >= 4 is 29.5 Å². The number of Topliss-reactive ketones (excluding diaryl/α,β-unsaturated/α-hetero) is 1. The molecule has 1 aliphatic carbocycles. The van der Waals surface area contributed by atoms with Gasteiger partial charge in [0, 0.05) is 44.8 Å². The Kier molecular flexibility index (Phi) is 24.4. The summed E-state index contributed by atoms with van der Waals surface area (Å²) < 4.78 is 11.7. The second-order valence-corrected chi connectivity index (χ2v) is 16.3. The van der Waals surface area contributed by atoms with Crippen molar-refractivity contribution in [1.29, 1.82) is 5.41 Å². The molecular weight excluding hydrogens is 809 g/mol. The van der Waals surface area contributed by atoms with Crippen LogP contribution in [0.25, 0.3) is 0 Å². The summed E-state index contributed by atoms with van der Waals surface area (Å²) in [7, 11) is 1.78. The number of aliphatic hydroxyl groups excluding tert-OH is 4. The Hall–Kier alpha value is -5.19. The number of aliphatic hydroxyl groups is 4. The highest BCUT2D eigenvalue weighted by atomic mass is 16.7. The minimum absolute atomic E-state index is 0.0467. The van der Waals surface area contributed by atoms with Gasteiger partial charge in [-0.25, -0.2) is 4.79 Å². The third-order valence-electron chi connectivity index (χ3n) is 10.5. The highest BCUT2D eigenvalue weighted by Crippen LogP contribution is 2.29. The van der Waals surface area contributed by atoms with Gasteiger partial charge in [0.1, 0.15) is 29.8 Å². The van der Waals surface area contributed by atoms with E-state index in [1.165, 1.54) is 6.92 Å². The van der Waals surface area contributed by atoms with Crippen molar-refractivity contribution in [2.24, 2.45) is 17.8 Å². The molecule has 9 unspecified atom stereocenters. The number of ketones is 1. The fourth-order valence-electron chi connectivity index (χ4n) is 6.73. The lowest BCUT2D eigenvalue weighted by Crippen LogP contribution is -2.61. The predicted molar refractivity (Wildman–Crippen MR) is 243 cm³/mol. The first-order chi connectivity index (χ1) is 29.8. The molecule has 1 fully saturated rings. The standard InChI is InChI=1S/C48H70N4O11/c1-31(22-16-13-14-21-29-52(7)48(49)50-36(6)53)23-17-15-18-24-32(2)30-35(5)43(62-47-42(58)40(56)41(57)44(63-47)46(60)61)33(3)25-19-11-9-8-10-12-20-26-34(4)45(59)51-39-37(54)27-28-38(39)55/h8-13,16-17,19-20,23,25-26,30-33,40-44,47,54,56-58H,14-15,18,21-22,24,27-29H2,1-7H3,(H,51,59)(H,60,61)(H2,49,50,53). The highest BCUT2D eigenvalue weighted by Gasteiger charge is 2.48. The minimum Gasteiger partial charge on any atom is -0.510 e. The number of carboxylic acid groups (broad SMARTS) is 1. The number of carbonyl (C=O) groups excluding carboxylic acids is 3. The van der Waals surface area contributed by atoms with Crippen LogP contribution < -0.4 is 10.6 Å². The molecule has 2 amide bonds. The zero-order chi connectivity index (χ0) is 47.1. The Bertz CT molecular complexity index is 1820. The maximum absolute atomic E-state index is 12.3. The molecular formula is C48H70N4O11. The quantitative estimate of drug-likeness (QED) is 0.0139. The summed E-state index contributed by atoms with van der Waals surface area (Å²) in [6.45, 7) is 11.7. The SMILES string of the molecule is CC(=O)NC(=N)N(C)CCCC=CCC(C)C=CCCCC(C)C=C(C)C(OC1OC(C(=O)O)C(O)C(O)C1O)C(C)C=CC=CC=CC=CC=C(C)C(=O)NC1=C(O)CCC1=O. The third-order valence-corrected chi connectivity index (χ3v) is 10.5. The molecule has 1 saturated heterocycles. The smallest absolute Gasteiger partial charge is 0.335 e. The maximum Gasteiger partial charge on any atom is 0.335 e. The van der Waals surface area contributed by atoms with Crippen molar-refractivity contribution in [3.63, 3.8) is 0 Å². The van der Waals surface area contributed by atoms with Crippen LogP contribution in [0.4, 0.5) is 0 Å². The minimum atomic E-state index is -1.84. The number of guanidine groups is 1. The number of nitrogens with zero attached hydrogens (tertiary/aromatic N) is 1. The lowest BCUT2D eigenvalue weighted by atomic mass is 9.92. The Labute approximate surface area is 372 Å². The van der Waals surface area contributed by atoms with E-state index in [0.717, 1.165) is 44.1 Å². The number of carboxylic acids is 1. The molecule has 348 valence electrons. The van der Waals surface area contributed by atoms with Crippen molar-refractivity contribution in [3.05, 3.63) is 108 Å². The summed E-state index contributed by atoms with van der Waals surface area (Å²) in [5.41, 5.74) is 1.14. The summed E-state index contributed by atoms with van der Waals surface area (Å²) in [4.78, 5) is 48.8. The zero-order valence-electron chi connectivity index (χ0n) is 37.8. The molecule has 0 aromatic rings. The maximum atomic E-state index is 12.3. The lowest BCUT2D eigenvalue weighted by molar-refractivity contribution is -0.303. The van der Waals surface area contributed by atoms with Crippen LogP contribution in [0.15, 0.2) is 108 Å². The molecule has 0 saturated carbocycles. The topological polar surface area (TPSA) is 239 Å². The first-order valence-corrected chi connectivity index (χ1v) is 21.6. The van der Waals surface area contributed by atoms with Gasteiger partial charge in [-0.1, -0.05) is 106 Å². The van der Waals surface area contributed by atoms with Gasteiger partial charge in [-0.3, -0.25) is 25.1 Å². The monoisotopic (exact) mass is 879 g/mol. The molecule has 2 aliphatic rings. The molecule has 0 aromatic heterocycles. The van der Waals surface area contributed by atoms with Crippen molar-refractivity contribution in [3.8, 4) is 0 Å². The number of allylic oxidation sites excluding steroid dienone is 15. The Balaban J connectivity index is 1.98. The van der Waals surface area contributed by atoms with E-state index in [0.29, 0.717) is 18.0 Å². The molecule has 9 atom stereocenters.